The largest absolute Gasteiger partial charge is 0.395 e. The van der Waals surface area contributed by atoms with Gasteiger partial charge in [-0.25, -0.2) is 15.0 Å². The number of hydrogen-bond donors (Lipinski definition) is 2. The van der Waals surface area contributed by atoms with Crippen molar-refractivity contribution >= 4 is 22.3 Å². The molecular formula is C15H21N5OS. The highest BCUT2D eigenvalue weighted by Crippen LogP contribution is 2.30. The normalized spacial score (nSPS) is 18.8. The predicted molar refractivity (Wildman–Crippen MR) is 87.5 cm³/mol. The third-order valence-electron chi connectivity index (χ3n) is 3.77. The molecule has 118 valence electrons. The number of aromatic nitrogens is 3. The van der Waals surface area contributed by atoms with E-state index < -0.39 is 0 Å². The van der Waals surface area contributed by atoms with E-state index in [0.29, 0.717) is 6.54 Å². The first-order valence-corrected chi connectivity index (χ1v) is 8.43. The Labute approximate surface area is 134 Å². The van der Waals surface area contributed by atoms with Gasteiger partial charge in [-0.1, -0.05) is 0 Å². The molecule has 0 saturated carbocycles. The minimum Gasteiger partial charge on any atom is -0.395 e. The molecule has 0 bridgehead atoms. The van der Waals surface area contributed by atoms with Crippen LogP contribution < -0.4 is 5.32 Å². The SMILES string of the molecule is Cc1cc(Nc2nc(C)cs2)nc(C2CCCN2CCO)n1. The first-order valence-electron chi connectivity index (χ1n) is 7.55. The lowest BCUT2D eigenvalue weighted by Crippen LogP contribution is -2.27. The number of thiazole rings is 1. The molecule has 0 amide bonds. The molecule has 22 heavy (non-hydrogen) atoms. The van der Waals surface area contributed by atoms with Crippen LogP contribution in [0.3, 0.4) is 0 Å². The number of likely N-dealkylation sites (tertiary alicyclic amines) is 1. The van der Waals surface area contributed by atoms with Crippen LogP contribution >= 0.6 is 11.3 Å². The fourth-order valence-electron chi connectivity index (χ4n) is 2.84. The van der Waals surface area contributed by atoms with Crippen LogP contribution in [0.5, 0.6) is 0 Å². The molecule has 3 rings (SSSR count). The van der Waals surface area contributed by atoms with Crippen LogP contribution in [0.2, 0.25) is 0 Å². The lowest BCUT2D eigenvalue weighted by molar-refractivity contribution is 0.181. The summed E-state index contributed by atoms with van der Waals surface area (Å²) in [6.45, 7) is 5.80. The van der Waals surface area contributed by atoms with Crippen LogP contribution in [0.4, 0.5) is 10.9 Å². The number of β-amino-alcohol motifs (C(OH)–C–C–N with tert-alkyl or cyclic N) is 1. The molecule has 0 spiro atoms. The van der Waals surface area contributed by atoms with Gasteiger partial charge in [0.1, 0.15) is 11.6 Å². The van der Waals surface area contributed by atoms with E-state index in [-0.39, 0.29) is 12.6 Å². The molecule has 2 N–H and O–H groups in total. The maximum atomic E-state index is 9.20. The monoisotopic (exact) mass is 319 g/mol. The molecule has 2 aromatic rings. The van der Waals surface area contributed by atoms with Gasteiger partial charge >= 0.3 is 0 Å². The van der Waals surface area contributed by atoms with Gasteiger partial charge in [-0.3, -0.25) is 4.90 Å². The van der Waals surface area contributed by atoms with E-state index in [1.54, 1.807) is 11.3 Å². The van der Waals surface area contributed by atoms with Crippen LogP contribution in [0.25, 0.3) is 0 Å². The van der Waals surface area contributed by atoms with E-state index in [0.717, 1.165) is 47.5 Å². The number of aliphatic hydroxyl groups is 1. The molecule has 1 atom stereocenters. The number of nitrogens with zero attached hydrogens (tertiary/aromatic N) is 4. The Balaban J connectivity index is 1.83. The molecular weight excluding hydrogens is 298 g/mol. The van der Waals surface area contributed by atoms with Gasteiger partial charge in [0.05, 0.1) is 18.3 Å². The molecule has 1 aliphatic rings. The molecule has 1 aliphatic heterocycles. The number of rotatable bonds is 5. The third kappa shape index (κ3) is 3.43. The summed E-state index contributed by atoms with van der Waals surface area (Å²) in [5, 5.41) is 15.3. The molecule has 1 fully saturated rings. The molecule has 1 unspecified atom stereocenters. The molecule has 2 aromatic heterocycles. The number of aryl methyl sites for hydroxylation is 2. The van der Waals surface area contributed by atoms with Crippen molar-refractivity contribution in [3.8, 4) is 0 Å². The Bertz CT molecular complexity index is 645. The number of aliphatic hydroxyl groups excluding tert-OH is 1. The second-order valence-corrected chi connectivity index (χ2v) is 6.45. The van der Waals surface area contributed by atoms with Crippen LogP contribution in [0.15, 0.2) is 11.4 Å². The number of hydrogen-bond acceptors (Lipinski definition) is 7. The molecule has 0 aliphatic carbocycles. The first-order chi connectivity index (χ1) is 10.7. The van der Waals surface area contributed by atoms with Crippen molar-refractivity contribution in [1.29, 1.82) is 0 Å². The van der Waals surface area contributed by atoms with Crippen LogP contribution in [0.1, 0.15) is 36.1 Å². The Kier molecular flexibility index (Phi) is 4.66. The van der Waals surface area contributed by atoms with E-state index in [2.05, 4.69) is 25.2 Å². The maximum absolute atomic E-state index is 9.20. The van der Waals surface area contributed by atoms with Gasteiger partial charge in [-0.05, 0) is 33.2 Å². The standard InChI is InChI=1S/C15H21N5OS/c1-10-8-13(19-15-17-11(2)9-22-15)18-14(16-10)12-4-3-5-20(12)6-7-21/h8-9,12,21H,3-7H2,1-2H3,(H,16,17,18,19). The molecule has 0 aromatic carbocycles. The van der Waals surface area contributed by atoms with Crippen LogP contribution in [-0.4, -0.2) is 44.7 Å². The fraction of sp³-hybridized carbons (Fsp3) is 0.533. The zero-order valence-corrected chi connectivity index (χ0v) is 13.7. The molecule has 6 nitrogen and oxygen atoms in total. The van der Waals surface area contributed by atoms with Crippen molar-refractivity contribution in [1.82, 2.24) is 19.9 Å². The van der Waals surface area contributed by atoms with Gasteiger partial charge in [0.25, 0.3) is 0 Å². The minimum atomic E-state index is 0.172. The van der Waals surface area contributed by atoms with Gasteiger partial charge in [-0.2, -0.15) is 0 Å². The Morgan fingerprint density at radius 1 is 1.32 bits per heavy atom. The van der Waals surface area contributed by atoms with Gasteiger partial charge < -0.3 is 10.4 Å². The second kappa shape index (κ2) is 6.68. The minimum absolute atomic E-state index is 0.172. The second-order valence-electron chi connectivity index (χ2n) is 5.59. The molecule has 7 heteroatoms. The van der Waals surface area contributed by atoms with Crippen molar-refractivity contribution in [2.45, 2.75) is 32.7 Å². The highest BCUT2D eigenvalue weighted by Gasteiger charge is 2.28. The van der Waals surface area contributed by atoms with Crippen molar-refractivity contribution < 1.29 is 5.11 Å². The van der Waals surface area contributed by atoms with E-state index in [1.807, 2.05) is 25.3 Å². The topological polar surface area (TPSA) is 74.2 Å². The van der Waals surface area contributed by atoms with Crippen LogP contribution in [0, 0.1) is 13.8 Å². The first kappa shape index (κ1) is 15.3. The van der Waals surface area contributed by atoms with Crippen molar-refractivity contribution in [3.63, 3.8) is 0 Å². The summed E-state index contributed by atoms with van der Waals surface area (Å²) in [6.07, 6.45) is 2.16. The van der Waals surface area contributed by atoms with E-state index in [9.17, 15) is 5.11 Å². The Morgan fingerprint density at radius 3 is 2.91 bits per heavy atom. The summed E-state index contributed by atoms with van der Waals surface area (Å²) < 4.78 is 0. The van der Waals surface area contributed by atoms with Gasteiger partial charge in [0.15, 0.2) is 5.13 Å². The molecule has 1 saturated heterocycles. The highest BCUT2D eigenvalue weighted by molar-refractivity contribution is 7.13. The van der Waals surface area contributed by atoms with E-state index in [1.165, 1.54) is 0 Å². The Morgan fingerprint density at radius 2 is 2.18 bits per heavy atom. The van der Waals surface area contributed by atoms with E-state index in [4.69, 9.17) is 0 Å². The van der Waals surface area contributed by atoms with Crippen molar-refractivity contribution in [2.75, 3.05) is 25.0 Å². The zero-order chi connectivity index (χ0) is 15.5. The van der Waals surface area contributed by atoms with Crippen LogP contribution in [-0.2, 0) is 0 Å². The summed E-state index contributed by atoms with van der Waals surface area (Å²) >= 11 is 1.57. The number of nitrogens with one attached hydrogen (secondary N) is 1. The van der Waals surface area contributed by atoms with Crippen molar-refractivity contribution in [3.05, 3.63) is 28.7 Å². The highest BCUT2D eigenvalue weighted by atomic mass is 32.1. The average Bonchev–Trinajstić information content (AvgIpc) is 3.08. The van der Waals surface area contributed by atoms with E-state index >= 15 is 0 Å². The maximum Gasteiger partial charge on any atom is 0.188 e. The summed E-state index contributed by atoms with van der Waals surface area (Å²) in [5.74, 6) is 1.62. The quantitative estimate of drug-likeness (QED) is 0.881. The lowest BCUT2D eigenvalue weighted by Gasteiger charge is -2.22. The van der Waals surface area contributed by atoms with Gasteiger partial charge in [0, 0.05) is 23.7 Å². The van der Waals surface area contributed by atoms with Gasteiger partial charge in [-0.15, -0.1) is 11.3 Å². The van der Waals surface area contributed by atoms with Crippen molar-refractivity contribution in [2.24, 2.45) is 0 Å². The molecule has 0 radical (unpaired) electrons. The summed E-state index contributed by atoms with van der Waals surface area (Å²) in [5.41, 5.74) is 1.94. The predicted octanol–water partition coefficient (Wildman–Crippen LogP) is 2.42. The average molecular weight is 319 g/mol. The summed E-state index contributed by atoms with van der Waals surface area (Å²) in [6, 6.07) is 2.14. The zero-order valence-electron chi connectivity index (χ0n) is 12.9. The fourth-order valence-corrected chi connectivity index (χ4v) is 3.54. The van der Waals surface area contributed by atoms with Gasteiger partial charge in [0.2, 0.25) is 0 Å². The summed E-state index contributed by atoms with van der Waals surface area (Å²) in [7, 11) is 0. The number of anilines is 2. The third-order valence-corrected chi connectivity index (χ3v) is 4.65. The smallest absolute Gasteiger partial charge is 0.188 e. The Hall–Kier alpha value is -1.57. The lowest BCUT2D eigenvalue weighted by atomic mass is 10.2. The summed E-state index contributed by atoms with van der Waals surface area (Å²) in [4.78, 5) is 15.9. The molecule has 3 heterocycles.